The number of benzene rings is 1. The number of carbonyl (C=O) groups is 1. The van der Waals surface area contributed by atoms with Crippen molar-refractivity contribution >= 4 is 5.97 Å². The number of hydrogen-bond donors (Lipinski definition) is 1. The SMILES string of the molecule is CNC1(C(=O)OC)CCCC(Oc2ccc(C)cc2C)C1. The third-order valence-electron chi connectivity index (χ3n) is 4.38. The van der Waals surface area contributed by atoms with Crippen molar-refractivity contribution in [3.8, 4) is 5.75 Å². The minimum Gasteiger partial charge on any atom is -0.490 e. The molecule has 1 N–H and O–H groups in total. The predicted molar refractivity (Wildman–Crippen MR) is 82.6 cm³/mol. The first-order valence-electron chi connectivity index (χ1n) is 7.52. The number of nitrogens with one attached hydrogen (secondary N) is 1. The summed E-state index contributed by atoms with van der Waals surface area (Å²) in [5, 5.41) is 3.15. The molecule has 1 aromatic carbocycles. The zero-order chi connectivity index (χ0) is 15.5. The molecular formula is C17H25NO3. The van der Waals surface area contributed by atoms with Crippen LogP contribution in [0.1, 0.15) is 36.8 Å². The maximum absolute atomic E-state index is 12.1. The van der Waals surface area contributed by atoms with Crippen molar-refractivity contribution in [2.45, 2.75) is 51.2 Å². The van der Waals surface area contributed by atoms with E-state index in [1.54, 1.807) is 0 Å². The molecule has 0 amide bonds. The second kappa shape index (κ2) is 6.48. The van der Waals surface area contributed by atoms with Crippen molar-refractivity contribution in [1.82, 2.24) is 5.32 Å². The molecule has 1 fully saturated rings. The largest absolute Gasteiger partial charge is 0.490 e. The van der Waals surface area contributed by atoms with Gasteiger partial charge in [0.15, 0.2) is 0 Å². The molecule has 0 saturated heterocycles. The highest BCUT2D eigenvalue weighted by Gasteiger charge is 2.43. The van der Waals surface area contributed by atoms with Crippen molar-refractivity contribution in [2.24, 2.45) is 0 Å². The molecule has 0 bridgehead atoms. The predicted octanol–water partition coefficient (Wildman–Crippen LogP) is 2.76. The van der Waals surface area contributed by atoms with Crippen LogP contribution in [0, 0.1) is 13.8 Å². The van der Waals surface area contributed by atoms with Crippen LogP contribution in [0.3, 0.4) is 0 Å². The van der Waals surface area contributed by atoms with E-state index >= 15 is 0 Å². The van der Waals surface area contributed by atoms with Crippen LogP contribution in [0.2, 0.25) is 0 Å². The molecule has 0 radical (unpaired) electrons. The Labute approximate surface area is 126 Å². The number of likely N-dealkylation sites (N-methyl/N-ethyl adjacent to an activating group) is 1. The second-order valence-electron chi connectivity index (χ2n) is 5.93. The van der Waals surface area contributed by atoms with Gasteiger partial charge in [0.2, 0.25) is 0 Å². The Hall–Kier alpha value is -1.55. The highest BCUT2D eigenvalue weighted by Crippen LogP contribution is 2.32. The van der Waals surface area contributed by atoms with Crippen LogP contribution >= 0.6 is 0 Å². The monoisotopic (exact) mass is 291 g/mol. The van der Waals surface area contributed by atoms with E-state index in [0.717, 1.165) is 30.6 Å². The van der Waals surface area contributed by atoms with E-state index in [-0.39, 0.29) is 12.1 Å². The van der Waals surface area contributed by atoms with Gasteiger partial charge in [-0.3, -0.25) is 4.79 Å². The van der Waals surface area contributed by atoms with Crippen molar-refractivity contribution in [3.05, 3.63) is 29.3 Å². The van der Waals surface area contributed by atoms with Crippen LogP contribution in [0.4, 0.5) is 0 Å². The first-order valence-corrected chi connectivity index (χ1v) is 7.52. The van der Waals surface area contributed by atoms with Crippen molar-refractivity contribution in [1.29, 1.82) is 0 Å². The quantitative estimate of drug-likeness (QED) is 0.867. The number of esters is 1. The lowest BCUT2D eigenvalue weighted by molar-refractivity contribution is -0.151. The van der Waals surface area contributed by atoms with Gasteiger partial charge in [-0.25, -0.2) is 0 Å². The maximum Gasteiger partial charge on any atom is 0.326 e. The summed E-state index contributed by atoms with van der Waals surface area (Å²) in [4.78, 5) is 12.1. The summed E-state index contributed by atoms with van der Waals surface area (Å²) < 4.78 is 11.1. The van der Waals surface area contributed by atoms with Crippen molar-refractivity contribution < 1.29 is 14.3 Å². The summed E-state index contributed by atoms with van der Waals surface area (Å²) >= 11 is 0. The van der Waals surface area contributed by atoms with E-state index in [2.05, 4.69) is 31.3 Å². The third kappa shape index (κ3) is 3.38. The molecule has 2 unspecified atom stereocenters. The first-order chi connectivity index (χ1) is 10.0. The number of rotatable bonds is 4. The fourth-order valence-electron chi connectivity index (χ4n) is 3.15. The van der Waals surface area contributed by atoms with Gasteiger partial charge in [0.1, 0.15) is 17.4 Å². The van der Waals surface area contributed by atoms with Gasteiger partial charge in [-0.15, -0.1) is 0 Å². The Balaban J connectivity index is 2.12. The van der Waals surface area contributed by atoms with Gasteiger partial charge in [0.25, 0.3) is 0 Å². The van der Waals surface area contributed by atoms with E-state index in [9.17, 15) is 4.79 Å². The Kier molecular flexibility index (Phi) is 4.88. The van der Waals surface area contributed by atoms with Gasteiger partial charge < -0.3 is 14.8 Å². The van der Waals surface area contributed by atoms with Gasteiger partial charge in [0, 0.05) is 6.42 Å². The Morgan fingerprint density at radius 2 is 2.14 bits per heavy atom. The van der Waals surface area contributed by atoms with E-state index in [0.29, 0.717) is 6.42 Å². The maximum atomic E-state index is 12.1. The van der Waals surface area contributed by atoms with E-state index in [4.69, 9.17) is 9.47 Å². The van der Waals surface area contributed by atoms with Gasteiger partial charge in [0.05, 0.1) is 7.11 Å². The Morgan fingerprint density at radius 1 is 1.38 bits per heavy atom. The first kappa shape index (κ1) is 15.8. The second-order valence-corrected chi connectivity index (χ2v) is 5.93. The van der Waals surface area contributed by atoms with Gasteiger partial charge in [-0.1, -0.05) is 17.7 Å². The molecule has 0 spiro atoms. The van der Waals surface area contributed by atoms with Crippen LogP contribution in [0.15, 0.2) is 18.2 Å². The molecule has 116 valence electrons. The lowest BCUT2D eigenvalue weighted by atomic mass is 9.80. The number of hydrogen-bond acceptors (Lipinski definition) is 4. The average Bonchev–Trinajstić information content (AvgIpc) is 2.49. The Bertz CT molecular complexity index is 515. The highest BCUT2D eigenvalue weighted by atomic mass is 16.5. The lowest BCUT2D eigenvalue weighted by Crippen LogP contribution is -2.55. The van der Waals surface area contributed by atoms with Gasteiger partial charge in [-0.05, 0) is 51.8 Å². The standard InChI is InChI=1S/C17H25NO3/c1-12-7-8-15(13(2)10-12)21-14-6-5-9-17(11-14,18-3)16(19)20-4/h7-8,10,14,18H,5-6,9,11H2,1-4H3. The summed E-state index contributed by atoms with van der Waals surface area (Å²) in [6.07, 6.45) is 3.39. The van der Waals surface area contributed by atoms with Crippen LogP contribution in [-0.2, 0) is 9.53 Å². The molecule has 0 aliphatic heterocycles. The Morgan fingerprint density at radius 3 is 2.76 bits per heavy atom. The molecule has 0 aromatic heterocycles. The molecule has 2 rings (SSSR count). The highest BCUT2D eigenvalue weighted by molar-refractivity contribution is 5.81. The average molecular weight is 291 g/mol. The fraction of sp³-hybridized carbons (Fsp3) is 0.588. The topological polar surface area (TPSA) is 47.6 Å². The van der Waals surface area contributed by atoms with Crippen LogP contribution in [0.5, 0.6) is 5.75 Å². The lowest BCUT2D eigenvalue weighted by Gasteiger charge is -2.38. The molecule has 0 heterocycles. The normalized spacial score (nSPS) is 25.4. The molecule has 4 nitrogen and oxygen atoms in total. The van der Waals surface area contributed by atoms with Crippen LogP contribution < -0.4 is 10.1 Å². The zero-order valence-electron chi connectivity index (χ0n) is 13.4. The molecule has 1 saturated carbocycles. The van der Waals surface area contributed by atoms with E-state index in [1.807, 2.05) is 13.1 Å². The van der Waals surface area contributed by atoms with Crippen molar-refractivity contribution in [2.75, 3.05) is 14.2 Å². The molecule has 1 aliphatic rings. The zero-order valence-corrected chi connectivity index (χ0v) is 13.4. The minimum atomic E-state index is -0.615. The molecule has 21 heavy (non-hydrogen) atoms. The van der Waals surface area contributed by atoms with E-state index in [1.165, 1.54) is 12.7 Å². The van der Waals surface area contributed by atoms with Crippen molar-refractivity contribution in [3.63, 3.8) is 0 Å². The number of carbonyl (C=O) groups excluding carboxylic acids is 1. The molecule has 1 aliphatic carbocycles. The molecule has 2 atom stereocenters. The molecular weight excluding hydrogens is 266 g/mol. The fourth-order valence-corrected chi connectivity index (χ4v) is 3.15. The number of methoxy groups -OCH3 is 1. The number of aryl methyl sites for hydroxylation is 2. The molecule has 1 aromatic rings. The van der Waals surface area contributed by atoms with E-state index < -0.39 is 5.54 Å². The third-order valence-corrected chi connectivity index (χ3v) is 4.38. The smallest absolute Gasteiger partial charge is 0.326 e. The summed E-state index contributed by atoms with van der Waals surface area (Å²) in [7, 11) is 3.26. The summed E-state index contributed by atoms with van der Waals surface area (Å²) in [5.74, 6) is 0.710. The van der Waals surface area contributed by atoms with Crippen LogP contribution in [-0.4, -0.2) is 31.8 Å². The number of ether oxygens (including phenoxy) is 2. The minimum absolute atomic E-state index is 0.0340. The summed E-state index contributed by atoms with van der Waals surface area (Å²) in [5.41, 5.74) is 1.74. The summed E-state index contributed by atoms with van der Waals surface area (Å²) in [6, 6.07) is 6.18. The molecule has 4 heteroatoms. The van der Waals surface area contributed by atoms with Crippen LogP contribution in [0.25, 0.3) is 0 Å². The van der Waals surface area contributed by atoms with Gasteiger partial charge in [-0.2, -0.15) is 0 Å². The summed E-state index contributed by atoms with van der Waals surface area (Å²) in [6.45, 7) is 4.12. The van der Waals surface area contributed by atoms with Gasteiger partial charge >= 0.3 is 5.97 Å².